The third kappa shape index (κ3) is 5.95. The van der Waals surface area contributed by atoms with Crippen molar-refractivity contribution in [2.24, 2.45) is 0 Å². The van der Waals surface area contributed by atoms with E-state index in [1.54, 1.807) is 0 Å². The van der Waals surface area contributed by atoms with Gasteiger partial charge in [-0.3, -0.25) is 4.79 Å². The molecule has 0 spiro atoms. The van der Waals surface area contributed by atoms with Crippen LogP contribution in [-0.4, -0.2) is 33.5 Å². The molecule has 28 heavy (non-hydrogen) atoms. The predicted octanol–water partition coefficient (Wildman–Crippen LogP) is 3.15. The molecule has 6 nitrogen and oxygen atoms in total. The summed E-state index contributed by atoms with van der Waals surface area (Å²) in [6.07, 6.45) is 0.969. The fourth-order valence-electron chi connectivity index (χ4n) is 2.55. The molecule has 0 saturated carbocycles. The van der Waals surface area contributed by atoms with Crippen molar-refractivity contribution in [3.63, 3.8) is 0 Å². The first kappa shape index (κ1) is 22.2. The van der Waals surface area contributed by atoms with Crippen molar-refractivity contribution in [2.45, 2.75) is 43.7 Å². The molecule has 2 rings (SSSR count). The first-order chi connectivity index (χ1) is 13.3. The van der Waals surface area contributed by atoms with Crippen LogP contribution in [0.4, 0.5) is 0 Å². The summed E-state index contributed by atoms with van der Waals surface area (Å²) >= 11 is 6.06. The maximum absolute atomic E-state index is 12.9. The topological polar surface area (TPSA) is 84.5 Å². The van der Waals surface area contributed by atoms with Gasteiger partial charge in [0.05, 0.1) is 17.0 Å². The Morgan fingerprint density at radius 2 is 1.86 bits per heavy atom. The molecular formula is C20H25ClN2O4S. The highest BCUT2D eigenvalue weighted by Gasteiger charge is 2.27. The Labute approximate surface area is 171 Å². The smallest absolute Gasteiger partial charge is 0.241 e. The van der Waals surface area contributed by atoms with Gasteiger partial charge >= 0.3 is 0 Å². The molecule has 0 aromatic heterocycles. The molecule has 1 amide bonds. The number of nitrogens with one attached hydrogen (secondary N) is 2. The fraction of sp³-hybridized carbons (Fsp3) is 0.350. The zero-order valence-electron chi connectivity index (χ0n) is 16.1. The monoisotopic (exact) mass is 424 g/mol. The molecule has 0 aliphatic rings. The van der Waals surface area contributed by atoms with Gasteiger partial charge in [-0.1, -0.05) is 48.9 Å². The molecule has 0 radical (unpaired) electrons. The van der Waals surface area contributed by atoms with Crippen molar-refractivity contribution in [3.05, 3.63) is 59.1 Å². The number of hydrogen-bond acceptors (Lipinski definition) is 4. The van der Waals surface area contributed by atoms with E-state index in [1.165, 1.54) is 25.3 Å². The van der Waals surface area contributed by atoms with Crippen molar-refractivity contribution in [1.82, 2.24) is 10.0 Å². The highest BCUT2D eigenvalue weighted by Crippen LogP contribution is 2.27. The van der Waals surface area contributed by atoms with Crippen LogP contribution in [0, 0.1) is 0 Å². The fourth-order valence-corrected chi connectivity index (χ4v) is 4.10. The van der Waals surface area contributed by atoms with Crippen LogP contribution in [-0.2, 0) is 21.2 Å². The van der Waals surface area contributed by atoms with Crippen molar-refractivity contribution in [1.29, 1.82) is 0 Å². The normalized spacial score (nSPS) is 13.6. The summed E-state index contributed by atoms with van der Waals surface area (Å²) in [5, 5.41) is 3.02. The first-order valence-corrected chi connectivity index (χ1v) is 10.8. The zero-order chi connectivity index (χ0) is 20.7. The van der Waals surface area contributed by atoms with E-state index in [9.17, 15) is 13.2 Å². The van der Waals surface area contributed by atoms with Crippen molar-refractivity contribution < 1.29 is 17.9 Å². The molecular weight excluding hydrogens is 400 g/mol. The standard InChI is InChI=1S/C20H25ClN2O4S/c1-4-14(2)22-20(24)18(12-15-8-6-5-7-9-15)23-28(25,26)16-10-11-19(27-3)17(21)13-16/h5-11,13-14,18,23H,4,12H2,1-3H3,(H,22,24)/t14-,18-/m0/s1. The minimum atomic E-state index is -3.97. The molecule has 0 unspecified atom stereocenters. The number of hydrogen-bond donors (Lipinski definition) is 2. The van der Waals surface area contributed by atoms with Gasteiger partial charge in [-0.05, 0) is 43.5 Å². The van der Waals surface area contributed by atoms with Gasteiger partial charge in [0.1, 0.15) is 11.8 Å². The Bertz CT molecular complexity index is 904. The van der Waals surface area contributed by atoms with E-state index in [1.807, 2.05) is 44.2 Å². The number of amides is 1. The summed E-state index contributed by atoms with van der Waals surface area (Å²) in [6, 6.07) is 12.4. The number of methoxy groups -OCH3 is 1. The average Bonchev–Trinajstić information content (AvgIpc) is 2.67. The largest absolute Gasteiger partial charge is 0.495 e. The van der Waals surface area contributed by atoms with Gasteiger partial charge < -0.3 is 10.1 Å². The lowest BCUT2D eigenvalue weighted by atomic mass is 10.1. The van der Waals surface area contributed by atoms with Gasteiger partial charge in [-0.15, -0.1) is 0 Å². The third-order valence-corrected chi connectivity index (χ3v) is 6.10. The van der Waals surface area contributed by atoms with E-state index in [0.29, 0.717) is 5.75 Å². The van der Waals surface area contributed by atoms with Crippen LogP contribution in [0.3, 0.4) is 0 Å². The second-order valence-corrected chi connectivity index (χ2v) is 8.60. The summed E-state index contributed by atoms with van der Waals surface area (Å²) in [5.41, 5.74) is 0.849. The minimum Gasteiger partial charge on any atom is -0.495 e. The SMILES string of the molecule is CC[C@H](C)NC(=O)[C@H](Cc1ccccc1)NS(=O)(=O)c1ccc(OC)c(Cl)c1. The molecule has 0 saturated heterocycles. The molecule has 2 atom stereocenters. The highest BCUT2D eigenvalue weighted by molar-refractivity contribution is 7.89. The summed E-state index contributed by atoms with van der Waals surface area (Å²) in [7, 11) is -2.52. The van der Waals surface area contributed by atoms with Crippen LogP contribution in [0.2, 0.25) is 5.02 Å². The van der Waals surface area contributed by atoms with Gasteiger partial charge in [-0.2, -0.15) is 4.72 Å². The number of rotatable bonds is 9. The van der Waals surface area contributed by atoms with Crippen LogP contribution in [0.25, 0.3) is 0 Å². The van der Waals surface area contributed by atoms with Gasteiger partial charge in [0.2, 0.25) is 15.9 Å². The Kier molecular flexibility index (Phi) is 7.86. The number of carbonyl (C=O) groups is 1. The minimum absolute atomic E-state index is 0.0345. The predicted molar refractivity (Wildman–Crippen MR) is 110 cm³/mol. The van der Waals surface area contributed by atoms with Crippen molar-refractivity contribution in [2.75, 3.05) is 7.11 Å². The number of sulfonamides is 1. The highest BCUT2D eigenvalue weighted by atomic mass is 35.5. The lowest BCUT2D eigenvalue weighted by Crippen LogP contribution is -2.50. The Balaban J connectivity index is 2.29. The van der Waals surface area contributed by atoms with Gasteiger partial charge in [0, 0.05) is 6.04 Å². The molecule has 2 N–H and O–H groups in total. The lowest BCUT2D eigenvalue weighted by Gasteiger charge is -2.21. The summed E-state index contributed by atoms with van der Waals surface area (Å²) < 4.78 is 33.3. The Morgan fingerprint density at radius 3 is 2.43 bits per heavy atom. The van der Waals surface area contributed by atoms with Crippen LogP contribution < -0.4 is 14.8 Å². The van der Waals surface area contributed by atoms with E-state index in [0.717, 1.165) is 12.0 Å². The molecule has 2 aromatic carbocycles. The third-order valence-electron chi connectivity index (χ3n) is 4.33. The number of carbonyl (C=O) groups excluding carboxylic acids is 1. The van der Waals surface area contributed by atoms with E-state index in [-0.39, 0.29) is 28.3 Å². The quantitative estimate of drug-likeness (QED) is 0.647. The molecule has 2 aromatic rings. The number of ether oxygens (including phenoxy) is 1. The van der Waals surface area contributed by atoms with Crippen LogP contribution >= 0.6 is 11.6 Å². The van der Waals surface area contributed by atoms with Gasteiger partial charge in [0.25, 0.3) is 0 Å². The zero-order valence-corrected chi connectivity index (χ0v) is 17.7. The summed E-state index contributed by atoms with van der Waals surface area (Å²) in [6.45, 7) is 3.82. The van der Waals surface area contributed by atoms with Crippen molar-refractivity contribution >= 4 is 27.5 Å². The maximum Gasteiger partial charge on any atom is 0.241 e. The van der Waals surface area contributed by atoms with E-state index in [4.69, 9.17) is 16.3 Å². The Hall–Kier alpha value is -2.09. The first-order valence-electron chi connectivity index (χ1n) is 8.97. The summed E-state index contributed by atoms with van der Waals surface area (Å²) in [4.78, 5) is 12.7. The average molecular weight is 425 g/mol. The molecule has 8 heteroatoms. The van der Waals surface area contributed by atoms with Gasteiger partial charge in [-0.25, -0.2) is 8.42 Å². The number of benzene rings is 2. The molecule has 0 bridgehead atoms. The van der Waals surface area contributed by atoms with E-state index < -0.39 is 16.1 Å². The molecule has 0 aliphatic carbocycles. The molecule has 0 aliphatic heterocycles. The molecule has 0 heterocycles. The molecule has 0 fully saturated rings. The van der Waals surface area contributed by atoms with Gasteiger partial charge in [0.15, 0.2) is 0 Å². The lowest BCUT2D eigenvalue weighted by molar-refractivity contribution is -0.123. The van der Waals surface area contributed by atoms with E-state index >= 15 is 0 Å². The Morgan fingerprint density at radius 1 is 1.18 bits per heavy atom. The molecule has 152 valence electrons. The van der Waals surface area contributed by atoms with Crippen molar-refractivity contribution in [3.8, 4) is 5.75 Å². The van der Waals surface area contributed by atoms with Crippen LogP contribution in [0.15, 0.2) is 53.4 Å². The second kappa shape index (κ2) is 9.91. The second-order valence-electron chi connectivity index (χ2n) is 6.48. The summed E-state index contributed by atoms with van der Waals surface area (Å²) in [5.74, 6) is -0.00245. The van der Waals surface area contributed by atoms with E-state index in [2.05, 4.69) is 10.0 Å². The number of halogens is 1. The maximum atomic E-state index is 12.9. The van der Waals surface area contributed by atoms with Crippen LogP contribution in [0.1, 0.15) is 25.8 Å². The van der Waals surface area contributed by atoms with Crippen LogP contribution in [0.5, 0.6) is 5.75 Å².